The number of hydrogen-bond acceptors (Lipinski definition) is 1. The molecule has 1 aromatic carbocycles. The molecule has 0 radical (unpaired) electrons. The van der Waals surface area contributed by atoms with Crippen molar-refractivity contribution in [3.05, 3.63) is 35.4 Å². The molecule has 0 bridgehead atoms. The summed E-state index contributed by atoms with van der Waals surface area (Å²) in [7, 11) is 1.56. The van der Waals surface area contributed by atoms with E-state index >= 15 is 0 Å². The minimum atomic E-state index is 0.984. The lowest BCUT2D eigenvalue weighted by atomic mass is 10.2. The molecule has 0 spiro atoms. The molecule has 1 aromatic rings. The topological polar surface area (TPSA) is 9.23 Å². The van der Waals surface area contributed by atoms with E-state index in [0.717, 1.165) is 5.56 Å². The number of aryl methyl sites for hydroxylation is 1. The highest BCUT2D eigenvalue weighted by Gasteiger charge is 1.84. The van der Waals surface area contributed by atoms with Gasteiger partial charge in [0.15, 0.2) is 0 Å². The third-order valence-electron chi connectivity index (χ3n) is 1.35. The van der Waals surface area contributed by atoms with E-state index in [1.54, 1.807) is 7.11 Å². The molecule has 0 saturated carbocycles. The van der Waals surface area contributed by atoms with Gasteiger partial charge in [0.2, 0.25) is 0 Å². The van der Waals surface area contributed by atoms with Crippen molar-refractivity contribution in [3.8, 4) is 12.0 Å². The van der Waals surface area contributed by atoms with Gasteiger partial charge in [0.05, 0.1) is 7.11 Å². The summed E-state index contributed by atoms with van der Waals surface area (Å²) in [5.74, 6) is 2.85. The average molecular weight is 146 g/mol. The molecule has 11 heavy (non-hydrogen) atoms. The zero-order valence-corrected chi connectivity index (χ0v) is 6.72. The van der Waals surface area contributed by atoms with Crippen molar-refractivity contribution in [1.82, 2.24) is 0 Å². The quantitative estimate of drug-likeness (QED) is 0.508. The van der Waals surface area contributed by atoms with Gasteiger partial charge in [-0.05, 0) is 25.0 Å². The predicted molar refractivity (Wildman–Crippen MR) is 45.1 cm³/mol. The number of methoxy groups -OCH3 is 1. The van der Waals surface area contributed by atoms with Crippen LogP contribution >= 0.6 is 0 Å². The van der Waals surface area contributed by atoms with Crippen molar-refractivity contribution < 1.29 is 4.74 Å². The van der Waals surface area contributed by atoms with Gasteiger partial charge in [0, 0.05) is 5.56 Å². The third-order valence-corrected chi connectivity index (χ3v) is 1.35. The monoisotopic (exact) mass is 146 g/mol. The van der Waals surface area contributed by atoms with E-state index in [1.165, 1.54) is 5.56 Å². The van der Waals surface area contributed by atoms with Gasteiger partial charge in [-0.3, -0.25) is 0 Å². The van der Waals surface area contributed by atoms with Gasteiger partial charge >= 0.3 is 0 Å². The van der Waals surface area contributed by atoms with Gasteiger partial charge in [-0.15, -0.1) is 0 Å². The van der Waals surface area contributed by atoms with Crippen LogP contribution in [0.5, 0.6) is 0 Å². The summed E-state index contributed by atoms with van der Waals surface area (Å²) in [6.07, 6.45) is 2.53. The molecule has 0 amide bonds. The van der Waals surface area contributed by atoms with Crippen molar-refractivity contribution >= 4 is 0 Å². The molecule has 0 saturated heterocycles. The molecule has 0 aliphatic carbocycles. The van der Waals surface area contributed by atoms with Crippen LogP contribution in [-0.4, -0.2) is 7.11 Å². The van der Waals surface area contributed by atoms with Gasteiger partial charge in [-0.2, -0.15) is 0 Å². The molecule has 1 rings (SSSR count). The second kappa shape index (κ2) is 3.68. The summed E-state index contributed by atoms with van der Waals surface area (Å²) in [5, 5.41) is 0. The van der Waals surface area contributed by atoms with Gasteiger partial charge in [-0.25, -0.2) is 0 Å². The first-order valence-electron chi connectivity index (χ1n) is 3.43. The Morgan fingerprint density at radius 3 is 2.36 bits per heavy atom. The van der Waals surface area contributed by atoms with Crippen LogP contribution in [0, 0.1) is 19.0 Å². The zero-order chi connectivity index (χ0) is 8.10. The van der Waals surface area contributed by atoms with Gasteiger partial charge in [-0.1, -0.05) is 17.7 Å². The van der Waals surface area contributed by atoms with E-state index in [-0.39, 0.29) is 0 Å². The fourth-order valence-electron chi connectivity index (χ4n) is 0.747. The highest BCUT2D eigenvalue weighted by atomic mass is 16.5. The molecule has 0 fully saturated rings. The highest BCUT2D eigenvalue weighted by molar-refractivity contribution is 5.34. The van der Waals surface area contributed by atoms with Crippen molar-refractivity contribution in [2.24, 2.45) is 0 Å². The van der Waals surface area contributed by atoms with Crippen LogP contribution in [0.2, 0.25) is 0 Å². The van der Waals surface area contributed by atoms with Crippen LogP contribution in [0.4, 0.5) is 0 Å². The molecule has 0 aromatic heterocycles. The summed E-state index contributed by atoms with van der Waals surface area (Å²) in [6, 6.07) is 8.00. The third kappa shape index (κ3) is 2.35. The van der Waals surface area contributed by atoms with Gasteiger partial charge < -0.3 is 4.74 Å². The smallest absolute Gasteiger partial charge is 0.115 e. The molecule has 0 atom stereocenters. The molecular formula is C10H10O. The van der Waals surface area contributed by atoms with E-state index < -0.39 is 0 Å². The number of benzene rings is 1. The zero-order valence-electron chi connectivity index (χ0n) is 6.72. The summed E-state index contributed by atoms with van der Waals surface area (Å²) < 4.78 is 4.61. The van der Waals surface area contributed by atoms with Crippen LogP contribution in [0.3, 0.4) is 0 Å². The molecule has 56 valence electrons. The standard InChI is InChI=1S/C10H10O/c1-9-3-5-10(6-4-9)7-8-11-2/h3-6H,1-2H3. The van der Waals surface area contributed by atoms with Crippen molar-refractivity contribution in [2.45, 2.75) is 6.92 Å². The second-order valence-electron chi connectivity index (χ2n) is 2.30. The maximum atomic E-state index is 4.61. The highest BCUT2D eigenvalue weighted by Crippen LogP contribution is 2.00. The fourth-order valence-corrected chi connectivity index (χ4v) is 0.747. The Morgan fingerprint density at radius 2 is 1.82 bits per heavy atom. The molecule has 1 nitrogen and oxygen atoms in total. The Kier molecular flexibility index (Phi) is 2.57. The van der Waals surface area contributed by atoms with E-state index in [9.17, 15) is 0 Å². The Balaban J connectivity index is 2.82. The van der Waals surface area contributed by atoms with E-state index in [0.29, 0.717) is 0 Å². The lowest BCUT2D eigenvalue weighted by Crippen LogP contribution is -1.75. The summed E-state index contributed by atoms with van der Waals surface area (Å²) in [4.78, 5) is 0. The van der Waals surface area contributed by atoms with Crippen molar-refractivity contribution in [1.29, 1.82) is 0 Å². The summed E-state index contributed by atoms with van der Waals surface area (Å²) in [6.45, 7) is 2.05. The molecule has 0 heterocycles. The summed E-state index contributed by atoms with van der Waals surface area (Å²) in [5.41, 5.74) is 2.23. The van der Waals surface area contributed by atoms with E-state index in [4.69, 9.17) is 0 Å². The van der Waals surface area contributed by atoms with Crippen LogP contribution in [0.1, 0.15) is 11.1 Å². The van der Waals surface area contributed by atoms with Crippen LogP contribution < -0.4 is 0 Å². The summed E-state index contributed by atoms with van der Waals surface area (Å²) >= 11 is 0. The first kappa shape index (κ1) is 7.68. The maximum absolute atomic E-state index is 4.61. The molecule has 0 unspecified atom stereocenters. The predicted octanol–water partition coefficient (Wildman–Crippen LogP) is 1.95. The Labute approximate surface area is 67.0 Å². The maximum Gasteiger partial charge on any atom is 0.115 e. The average Bonchev–Trinajstić information content (AvgIpc) is 2.04. The van der Waals surface area contributed by atoms with Crippen LogP contribution in [0.25, 0.3) is 0 Å². The minimum Gasteiger partial charge on any atom is -0.450 e. The molecular weight excluding hydrogens is 136 g/mol. The lowest BCUT2D eigenvalue weighted by Gasteiger charge is -1.90. The van der Waals surface area contributed by atoms with E-state index in [1.807, 2.05) is 31.2 Å². The SMILES string of the molecule is COC#Cc1ccc(C)cc1. The number of rotatable bonds is 0. The Hall–Kier alpha value is -1.42. The number of ether oxygens (including phenoxy) is 1. The molecule has 0 aliphatic heterocycles. The number of hydrogen-bond donors (Lipinski definition) is 0. The molecule has 1 heteroatoms. The van der Waals surface area contributed by atoms with Crippen LogP contribution in [0.15, 0.2) is 24.3 Å². The normalized spacial score (nSPS) is 8.18. The van der Waals surface area contributed by atoms with E-state index in [2.05, 4.69) is 16.8 Å². The first-order chi connectivity index (χ1) is 5.33. The molecule has 0 N–H and O–H groups in total. The van der Waals surface area contributed by atoms with Crippen molar-refractivity contribution in [3.63, 3.8) is 0 Å². The van der Waals surface area contributed by atoms with Crippen LogP contribution in [-0.2, 0) is 4.74 Å². The Morgan fingerprint density at radius 1 is 1.18 bits per heavy atom. The minimum absolute atomic E-state index is 0.984. The van der Waals surface area contributed by atoms with Crippen molar-refractivity contribution in [2.75, 3.05) is 7.11 Å². The second-order valence-corrected chi connectivity index (χ2v) is 2.30. The molecule has 0 aliphatic rings. The van der Waals surface area contributed by atoms with Gasteiger partial charge in [0.25, 0.3) is 0 Å². The Bertz CT molecular complexity index is 274. The fraction of sp³-hybridized carbons (Fsp3) is 0.200. The first-order valence-corrected chi connectivity index (χ1v) is 3.43. The lowest BCUT2D eigenvalue weighted by molar-refractivity contribution is 0.372. The van der Waals surface area contributed by atoms with Gasteiger partial charge in [0.1, 0.15) is 6.11 Å². The largest absolute Gasteiger partial charge is 0.450 e.